The molecular formula is C24H15ClN10O2S2. The Morgan fingerprint density at radius 2 is 1.31 bits per heavy atom. The molecule has 7 rings (SSSR count). The lowest BCUT2D eigenvalue weighted by Crippen LogP contribution is -2.04. The zero-order chi connectivity index (χ0) is 26.2. The smallest absolute Gasteiger partial charge is 0.235 e. The van der Waals surface area contributed by atoms with E-state index in [2.05, 4.69) is 40.6 Å². The van der Waals surface area contributed by atoms with Crippen LogP contribution in [-0.2, 0) is 13.2 Å². The molecule has 15 heteroatoms. The fraction of sp³-hybridized carbons (Fsp3) is 0.0833. The number of pyridine rings is 2. The number of hydrogen-bond acceptors (Lipinski definition) is 12. The van der Waals surface area contributed by atoms with Gasteiger partial charge < -0.3 is 9.47 Å². The van der Waals surface area contributed by atoms with E-state index in [9.17, 15) is 0 Å². The molecule has 0 aliphatic rings. The van der Waals surface area contributed by atoms with Crippen LogP contribution in [0.3, 0.4) is 0 Å². The van der Waals surface area contributed by atoms with E-state index in [0.717, 1.165) is 21.1 Å². The van der Waals surface area contributed by atoms with E-state index in [1.54, 1.807) is 52.0 Å². The first-order valence-electron chi connectivity index (χ1n) is 11.5. The minimum absolute atomic E-state index is 0.137. The average Bonchev–Trinajstić information content (AvgIpc) is 3.74. The molecule has 6 aromatic heterocycles. The highest BCUT2D eigenvalue weighted by Gasteiger charge is 2.16. The number of halogens is 1. The van der Waals surface area contributed by atoms with Crippen molar-refractivity contribution >= 4 is 44.2 Å². The van der Waals surface area contributed by atoms with Crippen molar-refractivity contribution in [2.75, 3.05) is 0 Å². The quantitative estimate of drug-likeness (QED) is 0.253. The van der Waals surface area contributed by atoms with Gasteiger partial charge in [0.1, 0.15) is 34.7 Å². The number of fused-ring (bicyclic) bond motifs is 2. The number of rotatable bonds is 8. The summed E-state index contributed by atoms with van der Waals surface area (Å²) in [6.45, 7) is 0.298. The lowest BCUT2D eigenvalue weighted by atomic mass is 10.3. The molecule has 12 nitrogen and oxygen atoms in total. The van der Waals surface area contributed by atoms with Gasteiger partial charge >= 0.3 is 0 Å². The summed E-state index contributed by atoms with van der Waals surface area (Å²) in [5, 5.41) is 28.0. The van der Waals surface area contributed by atoms with Crippen LogP contribution >= 0.6 is 34.3 Å². The fourth-order valence-corrected chi connectivity index (χ4v) is 5.61. The van der Waals surface area contributed by atoms with Crippen molar-refractivity contribution in [3.63, 3.8) is 0 Å². The van der Waals surface area contributed by atoms with Gasteiger partial charge in [-0.3, -0.25) is 9.97 Å². The number of benzene rings is 1. The molecule has 0 saturated carbocycles. The van der Waals surface area contributed by atoms with Gasteiger partial charge in [-0.15, -0.1) is 20.4 Å². The Morgan fingerprint density at radius 3 is 1.85 bits per heavy atom. The molecule has 0 aliphatic heterocycles. The highest BCUT2D eigenvalue weighted by atomic mass is 35.5. The predicted octanol–water partition coefficient (Wildman–Crippen LogP) is 4.62. The molecule has 0 radical (unpaired) electrons. The first kappa shape index (κ1) is 23.6. The van der Waals surface area contributed by atoms with Crippen molar-refractivity contribution in [3.8, 4) is 32.6 Å². The molecule has 1 aromatic carbocycles. The molecule has 0 saturated heterocycles. The molecule has 0 N–H and O–H groups in total. The van der Waals surface area contributed by atoms with Gasteiger partial charge in [0.05, 0.1) is 5.02 Å². The Balaban J connectivity index is 1.02. The Hall–Kier alpha value is -4.53. The summed E-state index contributed by atoms with van der Waals surface area (Å²) in [6, 6.07) is 12.8. The van der Waals surface area contributed by atoms with Crippen molar-refractivity contribution in [2.45, 2.75) is 13.2 Å². The van der Waals surface area contributed by atoms with Gasteiger partial charge in [0.25, 0.3) is 0 Å². The van der Waals surface area contributed by atoms with Crippen LogP contribution in [0.15, 0.2) is 67.3 Å². The second-order valence-corrected chi connectivity index (χ2v) is 10.4. The maximum Gasteiger partial charge on any atom is 0.235 e. The predicted molar refractivity (Wildman–Crippen MR) is 144 cm³/mol. The summed E-state index contributed by atoms with van der Waals surface area (Å²) in [7, 11) is 0. The zero-order valence-electron chi connectivity index (χ0n) is 19.7. The van der Waals surface area contributed by atoms with E-state index in [0.29, 0.717) is 38.1 Å². The van der Waals surface area contributed by atoms with Crippen molar-refractivity contribution in [1.29, 1.82) is 0 Å². The van der Waals surface area contributed by atoms with Crippen molar-refractivity contribution < 1.29 is 9.47 Å². The lowest BCUT2D eigenvalue weighted by molar-refractivity contribution is 0.284. The number of aromatic nitrogens is 10. The summed E-state index contributed by atoms with van der Waals surface area (Å²) in [4.78, 5) is 9.62. The molecule has 39 heavy (non-hydrogen) atoms. The van der Waals surface area contributed by atoms with E-state index in [4.69, 9.17) is 21.1 Å². The molecule has 0 aliphatic carbocycles. The number of hydrogen-bond donors (Lipinski definition) is 0. The summed E-state index contributed by atoms with van der Waals surface area (Å²) in [6.07, 6.45) is 6.96. The van der Waals surface area contributed by atoms with Gasteiger partial charge in [0, 0.05) is 42.0 Å². The molecule has 192 valence electrons. The van der Waals surface area contributed by atoms with E-state index in [-0.39, 0.29) is 13.2 Å². The van der Waals surface area contributed by atoms with Crippen LogP contribution in [0.5, 0.6) is 11.5 Å². The summed E-state index contributed by atoms with van der Waals surface area (Å²) >= 11 is 9.34. The Kier molecular flexibility index (Phi) is 6.03. The summed E-state index contributed by atoms with van der Waals surface area (Å²) in [5.74, 6) is 2.15. The van der Waals surface area contributed by atoms with Crippen LogP contribution in [0.2, 0.25) is 5.02 Å². The maximum absolute atomic E-state index is 6.48. The van der Waals surface area contributed by atoms with Crippen molar-refractivity contribution in [2.24, 2.45) is 0 Å². The standard InChI is InChI=1S/C24H15ClN10O2S2/c25-17-9-16(36-12-19-28-30-23-34(19)32-21(38-23)14-3-1-7-26-10-14)5-6-18(17)37-13-20-29-31-24-35(20)33-22(39-24)15-4-2-8-27-11-15/h1-11H,12-13H2. The Morgan fingerprint density at radius 1 is 0.718 bits per heavy atom. The maximum atomic E-state index is 6.48. The van der Waals surface area contributed by atoms with Gasteiger partial charge in [-0.2, -0.15) is 19.2 Å². The van der Waals surface area contributed by atoms with Gasteiger partial charge in [0.2, 0.25) is 9.92 Å². The van der Waals surface area contributed by atoms with Crippen LogP contribution in [-0.4, -0.2) is 49.6 Å². The first-order chi connectivity index (χ1) is 19.2. The van der Waals surface area contributed by atoms with Crippen LogP contribution < -0.4 is 9.47 Å². The van der Waals surface area contributed by atoms with Gasteiger partial charge in [0.15, 0.2) is 11.6 Å². The van der Waals surface area contributed by atoms with Gasteiger partial charge in [-0.1, -0.05) is 34.3 Å². The SMILES string of the molecule is Clc1cc(OCc2nnc3sc(-c4cccnc4)nn23)ccc1OCc1nnc2sc(-c3cccnc3)nn12. The third kappa shape index (κ3) is 4.65. The minimum atomic E-state index is 0.137. The minimum Gasteiger partial charge on any atom is -0.485 e. The van der Waals surface area contributed by atoms with Crippen molar-refractivity contribution in [3.05, 3.63) is 83.9 Å². The molecule has 0 unspecified atom stereocenters. The van der Waals surface area contributed by atoms with Crippen molar-refractivity contribution in [1.82, 2.24) is 49.6 Å². The third-order valence-electron chi connectivity index (χ3n) is 5.56. The lowest BCUT2D eigenvalue weighted by Gasteiger charge is -2.09. The molecule has 7 aromatic rings. The highest BCUT2D eigenvalue weighted by molar-refractivity contribution is 7.20. The van der Waals surface area contributed by atoms with E-state index >= 15 is 0 Å². The highest BCUT2D eigenvalue weighted by Crippen LogP contribution is 2.31. The second kappa shape index (κ2) is 9.98. The van der Waals surface area contributed by atoms with Crippen LogP contribution in [0.25, 0.3) is 31.1 Å². The van der Waals surface area contributed by atoms with E-state index < -0.39 is 0 Å². The number of ether oxygens (including phenoxy) is 2. The number of nitrogens with zero attached hydrogens (tertiary/aromatic N) is 10. The molecule has 0 fully saturated rings. The fourth-order valence-electron chi connectivity index (χ4n) is 3.69. The van der Waals surface area contributed by atoms with E-state index in [1.165, 1.54) is 22.7 Å². The third-order valence-corrected chi connectivity index (χ3v) is 7.75. The molecule has 0 bridgehead atoms. The zero-order valence-corrected chi connectivity index (χ0v) is 22.1. The molecule has 0 atom stereocenters. The van der Waals surface area contributed by atoms with Gasteiger partial charge in [-0.05, 0) is 36.4 Å². The summed E-state index contributed by atoms with van der Waals surface area (Å²) in [5.41, 5.74) is 1.83. The first-order valence-corrected chi connectivity index (χ1v) is 13.5. The molecule has 0 amide bonds. The van der Waals surface area contributed by atoms with Gasteiger partial charge in [-0.25, -0.2) is 0 Å². The normalized spacial score (nSPS) is 11.4. The largest absolute Gasteiger partial charge is 0.485 e. The molecule has 6 heterocycles. The van der Waals surface area contributed by atoms with Crippen LogP contribution in [0.1, 0.15) is 11.6 Å². The van der Waals surface area contributed by atoms with Crippen LogP contribution in [0, 0.1) is 0 Å². The Bertz CT molecular complexity index is 1900. The average molecular weight is 575 g/mol. The monoisotopic (exact) mass is 574 g/mol. The topological polar surface area (TPSA) is 130 Å². The summed E-state index contributed by atoms with van der Waals surface area (Å²) < 4.78 is 15.2. The van der Waals surface area contributed by atoms with Crippen LogP contribution in [0.4, 0.5) is 0 Å². The Labute approximate surface area is 232 Å². The second-order valence-electron chi connectivity index (χ2n) is 8.09. The van der Waals surface area contributed by atoms with E-state index in [1.807, 2.05) is 24.3 Å². The molecule has 0 spiro atoms. The molecular weight excluding hydrogens is 560 g/mol.